The van der Waals surface area contributed by atoms with Crippen LogP contribution in [0.5, 0.6) is 11.5 Å². The minimum Gasteiger partial charge on any atom is -0.465 e. The Bertz CT molecular complexity index is 387. The van der Waals surface area contributed by atoms with Gasteiger partial charge in [-0.1, -0.05) is 0 Å². The molecule has 0 aliphatic carbocycles. The number of carbonyl (C=O) groups is 1. The lowest BCUT2D eigenvalue weighted by Gasteiger charge is -2.05. The highest BCUT2D eigenvalue weighted by Gasteiger charge is 2.24. The van der Waals surface area contributed by atoms with Crippen LogP contribution in [0.1, 0.15) is 10.4 Å². The largest absolute Gasteiger partial charge is 0.465 e. The minimum absolute atomic E-state index is 0.414. The first-order valence-corrected chi connectivity index (χ1v) is 4.33. The normalized spacial score (nSPS) is 17.6. The summed E-state index contributed by atoms with van der Waals surface area (Å²) >= 11 is 0. The lowest BCUT2D eigenvalue weighted by Crippen LogP contribution is -2.19. The van der Waals surface area contributed by atoms with Crippen LogP contribution in [0, 0.1) is 0 Å². The summed E-state index contributed by atoms with van der Waals surface area (Å²) in [5, 5.41) is 0. The summed E-state index contributed by atoms with van der Waals surface area (Å²) in [5.41, 5.74) is 0.414. The monoisotopic (exact) mass is 210 g/mol. The molecular weight excluding hydrogens is 200 g/mol. The molecule has 5 heteroatoms. The van der Waals surface area contributed by atoms with Crippen molar-refractivity contribution in [2.45, 2.75) is 6.48 Å². The van der Waals surface area contributed by atoms with Crippen molar-refractivity contribution in [2.24, 2.45) is 0 Å². The maximum Gasteiger partial charge on any atom is 0.360 e. The first-order valence-electron chi connectivity index (χ1n) is 4.33. The van der Waals surface area contributed by atoms with Crippen LogP contribution in [0.25, 0.3) is 0 Å². The van der Waals surface area contributed by atoms with Gasteiger partial charge < -0.3 is 18.9 Å². The molecule has 1 aromatic carbocycles. The number of rotatable bonds is 2. The van der Waals surface area contributed by atoms with Gasteiger partial charge in [0.2, 0.25) is 0 Å². The van der Waals surface area contributed by atoms with Crippen molar-refractivity contribution in [1.82, 2.24) is 0 Å². The van der Waals surface area contributed by atoms with Gasteiger partial charge in [0.15, 0.2) is 11.5 Å². The topological polar surface area (TPSA) is 54.0 Å². The molecule has 15 heavy (non-hydrogen) atoms. The number of hydrogen-bond donors (Lipinski definition) is 0. The molecule has 5 nitrogen and oxygen atoms in total. The quantitative estimate of drug-likeness (QED) is 0.686. The van der Waals surface area contributed by atoms with E-state index >= 15 is 0 Å². The van der Waals surface area contributed by atoms with Gasteiger partial charge in [-0.2, -0.15) is 0 Å². The van der Waals surface area contributed by atoms with Crippen molar-refractivity contribution in [3.8, 4) is 11.5 Å². The Morgan fingerprint density at radius 3 is 2.67 bits per heavy atom. The van der Waals surface area contributed by atoms with Gasteiger partial charge in [0.1, 0.15) is 0 Å². The molecule has 80 valence electrons. The number of benzene rings is 1. The number of methoxy groups -OCH3 is 2. The van der Waals surface area contributed by atoms with Crippen molar-refractivity contribution >= 4 is 5.97 Å². The van der Waals surface area contributed by atoms with Crippen LogP contribution in [0.3, 0.4) is 0 Å². The van der Waals surface area contributed by atoms with Crippen LogP contribution in [-0.4, -0.2) is 26.7 Å². The van der Waals surface area contributed by atoms with Gasteiger partial charge in [0.25, 0.3) is 0 Å². The molecule has 2 rings (SSSR count). The predicted molar refractivity (Wildman–Crippen MR) is 49.8 cm³/mol. The Hall–Kier alpha value is -1.75. The van der Waals surface area contributed by atoms with Gasteiger partial charge in [-0.3, -0.25) is 0 Å². The summed E-state index contributed by atoms with van der Waals surface area (Å²) in [6.07, 6.45) is 0. The maximum absolute atomic E-state index is 11.2. The Morgan fingerprint density at radius 1 is 1.27 bits per heavy atom. The van der Waals surface area contributed by atoms with E-state index < -0.39 is 12.4 Å². The van der Waals surface area contributed by atoms with E-state index in [9.17, 15) is 4.79 Å². The number of esters is 1. The van der Waals surface area contributed by atoms with Crippen LogP contribution in [0.2, 0.25) is 0 Å². The van der Waals surface area contributed by atoms with Crippen LogP contribution in [0.4, 0.5) is 0 Å². The first-order chi connectivity index (χ1) is 7.24. The van der Waals surface area contributed by atoms with E-state index in [1.807, 2.05) is 0 Å². The molecule has 1 aliphatic heterocycles. The zero-order valence-corrected chi connectivity index (χ0v) is 8.35. The molecule has 0 bridgehead atoms. The summed E-state index contributed by atoms with van der Waals surface area (Å²) in [7, 11) is 2.79. The van der Waals surface area contributed by atoms with Gasteiger partial charge in [-0.05, 0) is 18.2 Å². The second-order valence-corrected chi connectivity index (χ2v) is 2.91. The molecular formula is C10H10O5. The molecule has 1 heterocycles. The van der Waals surface area contributed by atoms with E-state index in [2.05, 4.69) is 4.74 Å². The third-order valence-corrected chi connectivity index (χ3v) is 2.00. The Balaban J connectivity index is 2.26. The molecule has 0 N–H and O–H groups in total. The maximum atomic E-state index is 11.2. The van der Waals surface area contributed by atoms with E-state index in [-0.39, 0.29) is 0 Å². The second kappa shape index (κ2) is 3.78. The molecule has 0 amide bonds. The Kier molecular flexibility index (Phi) is 2.47. The third kappa shape index (κ3) is 1.73. The van der Waals surface area contributed by atoms with Crippen molar-refractivity contribution in [1.29, 1.82) is 0 Å². The standard InChI is InChI=1S/C10H10O5/c1-12-9(11)6-3-4-7-8(5-6)15-10(13-2)14-7/h3-5,10H,1-2H3. The fourth-order valence-corrected chi connectivity index (χ4v) is 1.27. The highest BCUT2D eigenvalue weighted by Crippen LogP contribution is 2.35. The van der Waals surface area contributed by atoms with Crippen LogP contribution < -0.4 is 9.47 Å². The SMILES string of the molecule is COC(=O)c1ccc2c(c1)OC(OC)O2. The molecule has 1 unspecified atom stereocenters. The second-order valence-electron chi connectivity index (χ2n) is 2.91. The van der Waals surface area contributed by atoms with E-state index in [1.54, 1.807) is 18.2 Å². The van der Waals surface area contributed by atoms with E-state index in [0.29, 0.717) is 17.1 Å². The fourth-order valence-electron chi connectivity index (χ4n) is 1.27. The Morgan fingerprint density at radius 2 is 2.00 bits per heavy atom. The number of carbonyl (C=O) groups excluding carboxylic acids is 1. The highest BCUT2D eigenvalue weighted by atomic mass is 16.9. The zero-order valence-electron chi connectivity index (χ0n) is 8.35. The van der Waals surface area contributed by atoms with Crippen LogP contribution in [-0.2, 0) is 9.47 Å². The lowest BCUT2D eigenvalue weighted by molar-refractivity contribution is -0.157. The van der Waals surface area contributed by atoms with Crippen LogP contribution >= 0.6 is 0 Å². The smallest absolute Gasteiger partial charge is 0.360 e. The summed E-state index contributed by atoms with van der Waals surface area (Å²) in [6.45, 7) is -0.743. The van der Waals surface area contributed by atoms with Crippen molar-refractivity contribution < 1.29 is 23.7 Å². The van der Waals surface area contributed by atoms with Crippen LogP contribution in [0.15, 0.2) is 18.2 Å². The fraction of sp³-hybridized carbons (Fsp3) is 0.300. The summed E-state index contributed by atoms with van der Waals surface area (Å²) in [5.74, 6) is 0.613. The molecule has 0 spiro atoms. The van der Waals surface area contributed by atoms with E-state index in [1.165, 1.54) is 14.2 Å². The average Bonchev–Trinajstić information content (AvgIpc) is 2.69. The molecule has 0 radical (unpaired) electrons. The van der Waals surface area contributed by atoms with Gasteiger partial charge in [0, 0.05) is 7.11 Å². The molecule has 1 aromatic rings. The van der Waals surface area contributed by atoms with E-state index in [0.717, 1.165) is 0 Å². The molecule has 0 saturated carbocycles. The van der Waals surface area contributed by atoms with Gasteiger partial charge in [0.05, 0.1) is 12.7 Å². The molecule has 0 aromatic heterocycles. The summed E-state index contributed by atoms with van der Waals surface area (Å²) in [4.78, 5) is 11.2. The molecule has 1 atom stereocenters. The minimum atomic E-state index is -0.743. The number of hydrogen-bond acceptors (Lipinski definition) is 5. The predicted octanol–water partition coefficient (Wildman–Crippen LogP) is 1.17. The van der Waals surface area contributed by atoms with Gasteiger partial charge in [-0.15, -0.1) is 0 Å². The highest BCUT2D eigenvalue weighted by molar-refractivity contribution is 5.90. The van der Waals surface area contributed by atoms with Gasteiger partial charge in [-0.25, -0.2) is 4.79 Å². The number of fused-ring (bicyclic) bond motifs is 1. The first kappa shape index (κ1) is 9.79. The number of ether oxygens (including phenoxy) is 4. The third-order valence-electron chi connectivity index (χ3n) is 2.00. The zero-order chi connectivity index (χ0) is 10.8. The summed E-state index contributed by atoms with van der Waals surface area (Å²) in [6, 6.07) is 4.80. The van der Waals surface area contributed by atoms with E-state index in [4.69, 9.17) is 14.2 Å². The van der Waals surface area contributed by atoms with Crippen molar-refractivity contribution in [2.75, 3.05) is 14.2 Å². The summed E-state index contributed by atoms with van der Waals surface area (Å²) < 4.78 is 19.9. The Labute approximate surface area is 86.5 Å². The average molecular weight is 210 g/mol. The molecule has 0 saturated heterocycles. The van der Waals surface area contributed by atoms with Crippen molar-refractivity contribution in [3.63, 3.8) is 0 Å². The lowest BCUT2D eigenvalue weighted by atomic mass is 10.2. The molecule has 0 fully saturated rings. The molecule has 1 aliphatic rings. The van der Waals surface area contributed by atoms with Crippen molar-refractivity contribution in [3.05, 3.63) is 23.8 Å². The van der Waals surface area contributed by atoms with Gasteiger partial charge >= 0.3 is 12.4 Å².